The van der Waals surface area contributed by atoms with Crippen LogP contribution in [0.2, 0.25) is 0 Å². The van der Waals surface area contributed by atoms with Gasteiger partial charge in [-0.2, -0.15) is 0 Å². The van der Waals surface area contributed by atoms with E-state index >= 15 is 0 Å². The number of imidazole rings is 1. The number of hydrogen-bond acceptors (Lipinski definition) is 4. The number of ether oxygens (including phenoxy) is 1. The van der Waals surface area contributed by atoms with Crippen LogP contribution < -0.4 is 15.7 Å². The minimum Gasteiger partial charge on any atom is -0.408 e. The van der Waals surface area contributed by atoms with E-state index in [9.17, 15) is 14.4 Å². The van der Waals surface area contributed by atoms with Crippen LogP contribution in [0.25, 0.3) is 16.7 Å². The second-order valence-electron chi connectivity index (χ2n) is 5.04. The van der Waals surface area contributed by atoms with Gasteiger partial charge in [-0.1, -0.05) is 19.2 Å². The SMILES string of the molecule is C=C(C)C(=O)n1c(=O)n(C(=C)C)c2cccc(OC(=O)NC)c21. The third-order valence-electron chi connectivity index (χ3n) is 3.18. The molecular weight excluding hydrogens is 298 g/mol. The van der Waals surface area contributed by atoms with Gasteiger partial charge in [0.1, 0.15) is 5.52 Å². The Labute approximate surface area is 132 Å². The predicted molar refractivity (Wildman–Crippen MR) is 87.7 cm³/mol. The minimum atomic E-state index is -0.706. The largest absolute Gasteiger partial charge is 0.412 e. The van der Waals surface area contributed by atoms with Crippen molar-refractivity contribution in [3.63, 3.8) is 0 Å². The standard InChI is InChI=1S/C16H17N3O4/c1-9(2)14(20)19-13-11(18(10(3)4)16(19)22)7-6-8-12(13)23-15(21)17-5/h6-8H,1,3H2,2,4-5H3,(H,17,21). The molecule has 1 amide bonds. The number of fused-ring (bicyclic) bond motifs is 1. The molecule has 0 bridgehead atoms. The smallest absolute Gasteiger partial charge is 0.408 e. The van der Waals surface area contributed by atoms with Crippen molar-refractivity contribution >= 4 is 28.7 Å². The molecule has 0 unspecified atom stereocenters. The number of allylic oxidation sites excluding steroid dienone is 2. The predicted octanol–water partition coefficient (Wildman–Crippen LogP) is 2.23. The molecule has 0 spiro atoms. The van der Waals surface area contributed by atoms with Crippen LogP contribution in [0, 0.1) is 0 Å². The highest BCUT2D eigenvalue weighted by Gasteiger charge is 2.23. The Balaban J connectivity index is 2.92. The second kappa shape index (κ2) is 5.96. The van der Waals surface area contributed by atoms with E-state index in [1.165, 1.54) is 24.6 Å². The molecule has 0 atom stereocenters. The molecule has 0 saturated heterocycles. The lowest BCUT2D eigenvalue weighted by molar-refractivity contribution is 0.0955. The van der Waals surface area contributed by atoms with E-state index in [-0.39, 0.29) is 16.8 Å². The molecule has 0 radical (unpaired) electrons. The lowest BCUT2D eigenvalue weighted by atomic mass is 10.2. The first-order valence-electron chi connectivity index (χ1n) is 6.81. The molecule has 2 aromatic rings. The van der Waals surface area contributed by atoms with Crippen LogP contribution >= 0.6 is 0 Å². The Morgan fingerprint density at radius 3 is 2.35 bits per heavy atom. The summed E-state index contributed by atoms with van der Waals surface area (Å²) in [6.07, 6.45) is -0.706. The molecular formula is C16H17N3O4. The van der Waals surface area contributed by atoms with Crippen LogP contribution in [0.5, 0.6) is 5.75 Å². The maximum atomic E-state index is 12.6. The first-order chi connectivity index (χ1) is 10.8. The Kier molecular flexibility index (Phi) is 4.22. The average Bonchev–Trinajstić information content (AvgIpc) is 2.79. The van der Waals surface area contributed by atoms with E-state index < -0.39 is 17.7 Å². The summed E-state index contributed by atoms with van der Waals surface area (Å²) in [6.45, 7) is 10.5. The van der Waals surface area contributed by atoms with E-state index in [2.05, 4.69) is 18.5 Å². The van der Waals surface area contributed by atoms with Gasteiger partial charge in [-0.25, -0.2) is 14.2 Å². The quantitative estimate of drug-likeness (QED) is 0.881. The van der Waals surface area contributed by atoms with E-state index in [1.54, 1.807) is 19.1 Å². The van der Waals surface area contributed by atoms with E-state index in [0.29, 0.717) is 11.2 Å². The van der Waals surface area contributed by atoms with Gasteiger partial charge in [-0.05, 0) is 26.0 Å². The monoisotopic (exact) mass is 315 g/mol. The number of aromatic nitrogens is 2. The number of hydrogen-bond donors (Lipinski definition) is 1. The fraction of sp³-hybridized carbons (Fsp3) is 0.188. The van der Waals surface area contributed by atoms with Gasteiger partial charge in [0.25, 0.3) is 5.91 Å². The van der Waals surface area contributed by atoms with Crippen LogP contribution in [0.3, 0.4) is 0 Å². The number of benzene rings is 1. The van der Waals surface area contributed by atoms with Gasteiger partial charge in [0.2, 0.25) is 0 Å². The number of para-hydroxylation sites is 1. The first kappa shape index (κ1) is 16.3. The molecule has 0 aliphatic heterocycles. The molecule has 120 valence electrons. The summed E-state index contributed by atoms with van der Waals surface area (Å²) < 4.78 is 7.38. The summed E-state index contributed by atoms with van der Waals surface area (Å²) in [5.74, 6) is -0.485. The van der Waals surface area contributed by atoms with Gasteiger partial charge in [0.15, 0.2) is 5.75 Å². The molecule has 7 nitrogen and oxygen atoms in total. The minimum absolute atomic E-state index is 0.0913. The normalized spacial score (nSPS) is 10.4. The van der Waals surface area contributed by atoms with E-state index in [4.69, 9.17) is 4.74 Å². The molecule has 0 saturated carbocycles. The summed E-state index contributed by atoms with van der Waals surface area (Å²) in [5, 5.41) is 2.32. The lowest BCUT2D eigenvalue weighted by Gasteiger charge is -2.07. The molecule has 7 heteroatoms. The number of amides is 1. The summed E-state index contributed by atoms with van der Waals surface area (Å²) >= 11 is 0. The maximum Gasteiger partial charge on any atom is 0.412 e. The summed E-state index contributed by atoms with van der Waals surface area (Å²) in [6, 6.07) is 4.77. The van der Waals surface area contributed by atoms with Crippen LogP contribution in [0.4, 0.5) is 4.79 Å². The Hall–Kier alpha value is -3.09. The lowest BCUT2D eigenvalue weighted by Crippen LogP contribution is -2.29. The molecule has 23 heavy (non-hydrogen) atoms. The average molecular weight is 315 g/mol. The molecule has 0 aliphatic rings. The van der Waals surface area contributed by atoms with Gasteiger partial charge >= 0.3 is 11.8 Å². The van der Waals surface area contributed by atoms with Gasteiger partial charge in [0.05, 0.1) is 5.52 Å². The molecule has 1 N–H and O–H groups in total. The number of nitrogens with zero attached hydrogens (tertiary/aromatic N) is 2. The zero-order valence-corrected chi connectivity index (χ0v) is 13.2. The highest BCUT2D eigenvalue weighted by molar-refractivity contribution is 6.02. The zero-order chi connectivity index (χ0) is 17.3. The maximum absolute atomic E-state index is 12.6. The van der Waals surface area contributed by atoms with Crippen LogP contribution in [-0.4, -0.2) is 28.2 Å². The Bertz CT molecular complexity index is 902. The third-order valence-corrected chi connectivity index (χ3v) is 3.18. The van der Waals surface area contributed by atoms with Crippen molar-refractivity contribution in [3.8, 4) is 5.75 Å². The Morgan fingerprint density at radius 1 is 1.17 bits per heavy atom. The summed E-state index contributed by atoms with van der Waals surface area (Å²) in [5.41, 5.74) is 0.636. The summed E-state index contributed by atoms with van der Waals surface area (Å²) in [4.78, 5) is 36.5. The highest BCUT2D eigenvalue weighted by Crippen LogP contribution is 2.27. The molecule has 2 rings (SSSR count). The van der Waals surface area contributed by atoms with Crippen molar-refractivity contribution in [1.29, 1.82) is 0 Å². The fourth-order valence-corrected chi connectivity index (χ4v) is 2.20. The van der Waals surface area contributed by atoms with Crippen molar-refractivity contribution in [1.82, 2.24) is 14.5 Å². The van der Waals surface area contributed by atoms with Gasteiger partial charge < -0.3 is 10.1 Å². The van der Waals surface area contributed by atoms with Crippen molar-refractivity contribution in [2.45, 2.75) is 13.8 Å². The molecule has 0 aliphatic carbocycles. The van der Waals surface area contributed by atoms with Crippen molar-refractivity contribution in [2.75, 3.05) is 7.05 Å². The summed E-state index contributed by atoms with van der Waals surface area (Å²) in [7, 11) is 1.41. The van der Waals surface area contributed by atoms with Crippen LogP contribution in [0.1, 0.15) is 18.6 Å². The highest BCUT2D eigenvalue weighted by atomic mass is 16.6. The Morgan fingerprint density at radius 2 is 1.83 bits per heavy atom. The molecule has 1 aromatic carbocycles. The molecule has 1 aromatic heterocycles. The second-order valence-corrected chi connectivity index (χ2v) is 5.04. The van der Waals surface area contributed by atoms with E-state index in [0.717, 1.165) is 4.57 Å². The fourth-order valence-electron chi connectivity index (χ4n) is 2.20. The van der Waals surface area contributed by atoms with Crippen molar-refractivity contribution in [2.24, 2.45) is 0 Å². The van der Waals surface area contributed by atoms with Crippen molar-refractivity contribution in [3.05, 3.63) is 47.4 Å². The van der Waals surface area contributed by atoms with Crippen LogP contribution in [0.15, 0.2) is 41.7 Å². The van der Waals surface area contributed by atoms with Crippen LogP contribution in [-0.2, 0) is 0 Å². The number of carbonyl (C=O) groups excluding carboxylic acids is 2. The number of rotatable bonds is 3. The van der Waals surface area contributed by atoms with E-state index in [1.807, 2.05) is 0 Å². The number of nitrogens with one attached hydrogen (secondary N) is 1. The molecule has 1 heterocycles. The molecule has 0 fully saturated rings. The van der Waals surface area contributed by atoms with Gasteiger partial charge in [-0.3, -0.25) is 9.36 Å². The first-order valence-corrected chi connectivity index (χ1v) is 6.81. The zero-order valence-electron chi connectivity index (χ0n) is 13.2. The number of carbonyl (C=O) groups is 2. The van der Waals surface area contributed by atoms with Gasteiger partial charge in [0, 0.05) is 18.3 Å². The van der Waals surface area contributed by atoms with Crippen molar-refractivity contribution < 1.29 is 14.3 Å². The van der Waals surface area contributed by atoms with Gasteiger partial charge in [-0.15, -0.1) is 0 Å². The topological polar surface area (TPSA) is 82.3 Å². The third kappa shape index (κ3) is 2.68.